The highest BCUT2D eigenvalue weighted by atomic mass is 35.5. The van der Waals surface area contributed by atoms with E-state index in [0.717, 1.165) is 5.56 Å². The predicted molar refractivity (Wildman–Crippen MR) is 83.3 cm³/mol. The van der Waals surface area contributed by atoms with Gasteiger partial charge in [0.05, 0.1) is 4.90 Å². The SMILES string of the molecule is Cc1ccc(C(NS(=O)(=O)c2ccc(Cl)cc2)C(=O)O)cc1. The molecule has 1 atom stereocenters. The van der Waals surface area contributed by atoms with E-state index >= 15 is 0 Å². The Kier molecular flexibility index (Phi) is 4.85. The molecule has 2 N–H and O–H groups in total. The Labute approximate surface area is 133 Å². The second-order valence-corrected chi connectivity index (χ2v) is 6.91. The number of rotatable bonds is 5. The van der Waals surface area contributed by atoms with Crippen LogP contribution in [0.2, 0.25) is 5.02 Å². The van der Waals surface area contributed by atoms with E-state index in [2.05, 4.69) is 4.72 Å². The van der Waals surface area contributed by atoms with Crippen molar-refractivity contribution in [1.82, 2.24) is 4.72 Å². The number of sulfonamides is 1. The number of hydrogen-bond acceptors (Lipinski definition) is 3. The molecule has 0 heterocycles. The molecule has 116 valence electrons. The fourth-order valence-corrected chi connectivity index (χ4v) is 3.16. The van der Waals surface area contributed by atoms with Gasteiger partial charge in [0.2, 0.25) is 10.0 Å². The van der Waals surface area contributed by atoms with E-state index in [4.69, 9.17) is 11.6 Å². The molecule has 2 rings (SSSR count). The molecular weight excluding hydrogens is 326 g/mol. The van der Waals surface area contributed by atoms with Crippen LogP contribution < -0.4 is 4.72 Å². The van der Waals surface area contributed by atoms with E-state index in [1.54, 1.807) is 24.3 Å². The van der Waals surface area contributed by atoms with Crippen molar-refractivity contribution in [1.29, 1.82) is 0 Å². The van der Waals surface area contributed by atoms with Gasteiger partial charge in [0.25, 0.3) is 0 Å². The molecule has 0 fully saturated rings. The zero-order valence-corrected chi connectivity index (χ0v) is 13.2. The maximum Gasteiger partial charge on any atom is 0.326 e. The molecule has 2 aromatic rings. The first-order valence-electron chi connectivity index (χ1n) is 6.37. The number of carboxylic acid groups (broad SMARTS) is 1. The van der Waals surface area contributed by atoms with E-state index in [9.17, 15) is 18.3 Å². The standard InChI is InChI=1S/C15H14ClNO4S/c1-10-2-4-11(5-3-10)14(15(18)19)17-22(20,21)13-8-6-12(16)7-9-13/h2-9,14,17H,1H3,(H,18,19). The number of benzene rings is 2. The summed E-state index contributed by atoms with van der Waals surface area (Å²) in [7, 11) is -3.97. The van der Waals surface area contributed by atoms with Gasteiger partial charge in [-0.15, -0.1) is 0 Å². The summed E-state index contributed by atoms with van der Waals surface area (Å²) in [5, 5.41) is 9.70. The van der Waals surface area contributed by atoms with Gasteiger partial charge in [-0.25, -0.2) is 8.42 Å². The van der Waals surface area contributed by atoms with Crippen LogP contribution in [-0.4, -0.2) is 19.5 Å². The number of aryl methyl sites for hydroxylation is 1. The van der Waals surface area contributed by atoms with Gasteiger partial charge in [-0.1, -0.05) is 41.4 Å². The Morgan fingerprint density at radius 1 is 1.09 bits per heavy atom. The number of aliphatic carboxylic acids is 1. The molecule has 0 amide bonds. The molecule has 0 aliphatic heterocycles. The van der Waals surface area contributed by atoms with Gasteiger partial charge in [0.1, 0.15) is 6.04 Å². The minimum atomic E-state index is -3.97. The monoisotopic (exact) mass is 339 g/mol. The lowest BCUT2D eigenvalue weighted by Gasteiger charge is -2.15. The lowest BCUT2D eigenvalue weighted by molar-refractivity contribution is -0.139. The Morgan fingerprint density at radius 3 is 2.14 bits per heavy atom. The smallest absolute Gasteiger partial charge is 0.326 e. The third-order valence-electron chi connectivity index (χ3n) is 3.05. The summed E-state index contributed by atoms with van der Waals surface area (Å²) in [5.41, 5.74) is 1.31. The maximum absolute atomic E-state index is 12.3. The summed E-state index contributed by atoms with van der Waals surface area (Å²) in [6.07, 6.45) is 0. The van der Waals surface area contributed by atoms with Crippen molar-refractivity contribution < 1.29 is 18.3 Å². The van der Waals surface area contributed by atoms with E-state index in [-0.39, 0.29) is 4.90 Å². The van der Waals surface area contributed by atoms with Crippen LogP contribution in [-0.2, 0) is 14.8 Å². The fourth-order valence-electron chi connectivity index (χ4n) is 1.86. The number of hydrogen-bond donors (Lipinski definition) is 2. The fraction of sp³-hybridized carbons (Fsp3) is 0.133. The van der Waals surface area contributed by atoms with Crippen molar-refractivity contribution in [2.75, 3.05) is 0 Å². The molecule has 0 bridgehead atoms. The molecule has 0 radical (unpaired) electrons. The predicted octanol–water partition coefficient (Wildman–Crippen LogP) is 2.75. The Hall–Kier alpha value is -1.89. The zero-order chi connectivity index (χ0) is 16.3. The highest BCUT2D eigenvalue weighted by Gasteiger charge is 2.26. The van der Waals surface area contributed by atoms with Gasteiger partial charge in [0.15, 0.2) is 0 Å². The molecule has 0 aliphatic carbocycles. The highest BCUT2D eigenvalue weighted by Crippen LogP contribution is 2.19. The average molecular weight is 340 g/mol. The quantitative estimate of drug-likeness (QED) is 0.877. The summed E-state index contributed by atoms with van der Waals surface area (Å²) >= 11 is 5.72. The summed E-state index contributed by atoms with van der Waals surface area (Å²) in [4.78, 5) is 11.4. The Balaban J connectivity index is 2.33. The molecule has 1 unspecified atom stereocenters. The molecule has 22 heavy (non-hydrogen) atoms. The van der Waals surface area contributed by atoms with Crippen molar-refractivity contribution in [3.05, 3.63) is 64.7 Å². The highest BCUT2D eigenvalue weighted by molar-refractivity contribution is 7.89. The average Bonchev–Trinajstić information content (AvgIpc) is 2.46. The molecule has 0 saturated heterocycles. The van der Waals surface area contributed by atoms with E-state index < -0.39 is 22.0 Å². The second kappa shape index (κ2) is 6.48. The third kappa shape index (κ3) is 3.85. The van der Waals surface area contributed by atoms with Crippen molar-refractivity contribution in [2.24, 2.45) is 0 Å². The van der Waals surface area contributed by atoms with E-state index in [1.165, 1.54) is 24.3 Å². The maximum atomic E-state index is 12.3. The van der Waals surface area contributed by atoms with Crippen molar-refractivity contribution >= 4 is 27.6 Å². The van der Waals surface area contributed by atoms with Crippen LogP contribution in [0, 0.1) is 6.92 Å². The van der Waals surface area contributed by atoms with Crippen molar-refractivity contribution in [3.8, 4) is 0 Å². The number of carboxylic acids is 1. The van der Waals surface area contributed by atoms with Crippen LogP contribution in [0.25, 0.3) is 0 Å². The molecule has 0 aromatic heterocycles. The summed E-state index contributed by atoms with van der Waals surface area (Å²) < 4.78 is 26.8. The minimum absolute atomic E-state index is 0.0461. The lowest BCUT2D eigenvalue weighted by atomic mass is 10.1. The lowest BCUT2D eigenvalue weighted by Crippen LogP contribution is -2.33. The van der Waals surface area contributed by atoms with Crippen LogP contribution in [0.15, 0.2) is 53.4 Å². The molecule has 0 spiro atoms. The van der Waals surface area contributed by atoms with Crippen LogP contribution in [0.5, 0.6) is 0 Å². The molecule has 7 heteroatoms. The third-order valence-corrected chi connectivity index (χ3v) is 4.75. The molecule has 0 aliphatic rings. The normalized spacial score (nSPS) is 12.8. The van der Waals surface area contributed by atoms with Gasteiger partial charge in [-0.3, -0.25) is 4.79 Å². The van der Waals surface area contributed by atoms with Crippen LogP contribution in [0.1, 0.15) is 17.2 Å². The number of nitrogens with one attached hydrogen (secondary N) is 1. The van der Waals surface area contributed by atoms with E-state index in [1.807, 2.05) is 6.92 Å². The molecule has 5 nitrogen and oxygen atoms in total. The van der Waals surface area contributed by atoms with Gasteiger partial charge in [-0.2, -0.15) is 4.72 Å². The molecule has 2 aromatic carbocycles. The number of halogens is 1. The summed E-state index contributed by atoms with van der Waals surface area (Å²) in [5.74, 6) is -1.28. The van der Waals surface area contributed by atoms with Crippen LogP contribution in [0.3, 0.4) is 0 Å². The van der Waals surface area contributed by atoms with Gasteiger partial charge in [0, 0.05) is 5.02 Å². The van der Waals surface area contributed by atoms with E-state index in [0.29, 0.717) is 10.6 Å². The largest absolute Gasteiger partial charge is 0.480 e. The minimum Gasteiger partial charge on any atom is -0.480 e. The summed E-state index contributed by atoms with van der Waals surface area (Å²) in [6.45, 7) is 1.86. The number of carbonyl (C=O) groups is 1. The first-order valence-corrected chi connectivity index (χ1v) is 8.23. The van der Waals surface area contributed by atoms with Crippen LogP contribution in [0.4, 0.5) is 0 Å². The molecular formula is C15H14ClNO4S. The van der Waals surface area contributed by atoms with Gasteiger partial charge in [-0.05, 0) is 36.8 Å². The Morgan fingerprint density at radius 2 is 1.64 bits per heavy atom. The summed E-state index contributed by atoms with van der Waals surface area (Å²) in [6, 6.07) is 10.7. The van der Waals surface area contributed by atoms with Crippen molar-refractivity contribution in [3.63, 3.8) is 0 Å². The van der Waals surface area contributed by atoms with Gasteiger partial charge >= 0.3 is 5.97 Å². The first kappa shape index (κ1) is 16.5. The second-order valence-electron chi connectivity index (χ2n) is 4.76. The zero-order valence-electron chi connectivity index (χ0n) is 11.7. The van der Waals surface area contributed by atoms with Crippen molar-refractivity contribution in [2.45, 2.75) is 17.9 Å². The van der Waals surface area contributed by atoms with Crippen LogP contribution >= 0.6 is 11.6 Å². The molecule has 0 saturated carbocycles. The Bertz CT molecular complexity index is 770. The topological polar surface area (TPSA) is 83.5 Å². The van der Waals surface area contributed by atoms with Gasteiger partial charge < -0.3 is 5.11 Å². The first-order chi connectivity index (χ1) is 10.3.